The van der Waals surface area contributed by atoms with Crippen LogP contribution in [0.1, 0.15) is 53.4 Å². The van der Waals surface area contributed by atoms with Crippen LogP contribution in [0.15, 0.2) is 35.4 Å². The largest absolute Gasteiger partial charge is 0.347 e. The Morgan fingerprint density at radius 3 is 2.44 bits per heavy atom. The molecule has 2 fully saturated rings. The highest BCUT2D eigenvalue weighted by atomic mass is 32.1. The van der Waals surface area contributed by atoms with E-state index >= 15 is 0 Å². The summed E-state index contributed by atoms with van der Waals surface area (Å²) in [5.74, 6) is -0.591. The van der Waals surface area contributed by atoms with Gasteiger partial charge in [0.2, 0.25) is 5.91 Å². The molecule has 1 N–H and O–H groups in total. The Morgan fingerprint density at radius 1 is 1.14 bits per heavy atom. The van der Waals surface area contributed by atoms with Crippen LogP contribution in [-0.4, -0.2) is 58.4 Å². The highest BCUT2D eigenvalue weighted by molar-refractivity contribution is 7.20. The molecule has 0 unspecified atom stereocenters. The van der Waals surface area contributed by atoms with E-state index in [-0.39, 0.29) is 23.9 Å². The number of benzene rings is 1. The van der Waals surface area contributed by atoms with Gasteiger partial charge >= 0.3 is 0 Å². The van der Waals surface area contributed by atoms with Crippen LogP contribution in [-0.2, 0) is 20.8 Å². The van der Waals surface area contributed by atoms with Crippen molar-refractivity contribution in [2.75, 3.05) is 31.6 Å². The zero-order valence-electron chi connectivity index (χ0n) is 20.7. The molecule has 2 aliphatic rings. The average Bonchev–Trinajstić information content (AvgIpc) is 3.46. The summed E-state index contributed by atoms with van der Waals surface area (Å²) < 4.78 is 12.8. The molecule has 9 nitrogen and oxygen atoms in total. The van der Waals surface area contributed by atoms with Crippen LogP contribution < -0.4 is 10.9 Å². The second kappa shape index (κ2) is 9.76. The molecule has 190 valence electrons. The van der Waals surface area contributed by atoms with Crippen molar-refractivity contribution in [3.63, 3.8) is 0 Å². The number of thiophene rings is 1. The molecule has 2 amide bonds. The van der Waals surface area contributed by atoms with Crippen molar-refractivity contribution in [3.8, 4) is 0 Å². The molecule has 5 rings (SSSR count). The summed E-state index contributed by atoms with van der Waals surface area (Å²) in [6.07, 6.45) is 2.63. The SMILES string of the molecule is Cc1c(C(=O)N2CCC3(CC2)OCCO3)sc2ncn(CC(=O)Nc3ccc(C(C)C)cc3)c(=O)c12. The van der Waals surface area contributed by atoms with E-state index in [0.29, 0.717) is 71.4 Å². The number of fused-ring (bicyclic) bond motifs is 1. The van der Waals surface area contributed by atoms with Crippen molar-refractivity contribution < 1.29 is 19.1 Å². The molecule has 2 saturated heterocycles. The molecule has 2 aliphatic heterocycles. The molecule has 0 bridgehead atoms. The number of ether oxygens (including phenoxy) is 2. The van der Waals surface area contributed by atoms with E-state index in [1.54, 1.807) is 11.8 Å². The molecular formula is C26H30N4O5S. The number of hydrogen-bond donors (Lipinski definition) is 1. The fraction of sp³-hybridized carbons (Fsp3) is 0.462. The van der Waals surface area contributed by atoms with Crippen molar-refractivity contribution in [2.24, 2.45) is 0 Å². The lowest BCUT2D eigenvalue weighted by molar-refractivity contribution is -0.181. The normalized spacial score (nSPS) is 17.3. The van der Waals surface area contributed by atoms with E-state index in [9.17, 15) is 14.4 Å². The van der Waals surface area contributed by atoms with Crippen LogP contribution in [0.4, 0.5) is 5.69 Å². The van der Waals surface area contributed by atoms with Gasteiger partial charge in [0.15, 0.2) is 5.79 Å². The molecule has 0 atom stereocenters. The smallest absolute Gasteiger partial charge is 0.264 e. The summed E-state index contributed by atoms with van der Waals surface area (Å²) in [4.78, 5) is 46.3. The van der Waals surface area contributed by atoms with Gasteiger partial charge in [0.25, 0.3) is 11.5 Å². The summed E-state index contributed by atoms with van der Waals surface area (Å²) >= 11 is 1.22. The Bertz CT molecular complexity index is 1350. The minimum absolute atomic E-state index is 0.114. The lowest BCUT2D eigenvalue weighted by Crippen LogP contribution is -2.47. The number of aryl methyl sites for hydroxylation is 1. The molecule has 1 spiro atoms. The third kappa shape index (κ3) is 4.68. The molecule has 3 aromatic rings. The van der Waals surface area contributed by atoms with Crippen molar-refractivity contribution in [1.29, 1.82) is 0 Å². The number of hydrogen-bond acceptors (Lipinski definition) is 7. The van der Waals surface area contributed by atoms with Crippen LogP contribution in [0.3, 0.4) is 0 Å². The average molecular weight is 511 g/mol. The van der Waals surface area contributed by atoms with E-state index in [4.69, 9.17) is 9.47 Å². The van der Waals surface area contributed by atoms with Crippen LogP contribution >= 0.6 is 11.3 Å². The zero-order chi connectivity index (χ0) is 25.4. The lowest BCUT2D eigenvalue weighted by atomic mass is 10.0. The number of nitrogens with one attached hydrogen (secondary N) is 1. The molecule has 2 aromatic heterocycles. The van der Waals surface area contributed by atoms with E-state index in [1.807, 2.05) is 24.3 Å². The maximum absolute atomic E-state index is 13.3. The molecule has 0 aliphatic carbocycles. The second-order valence-electron chi connectivity index (χ2n) is 9.64. The van der Waals surface area contributed by atoms with E-state index in [0.717, 1.165) is 0 Å². The van der Waals surface area contributed by atoms with E-state index < -0.39 is 5.79 Å². The van der Waals surface area contributed by atoms with Crippen molar-refractivity contribution in [2.45, 2.75) is 51.9 Å². The van der Waals surface area contributed by atoms with Gasteiger partial charge in [0.1, 0.15) is 11.4 Å². The van der Waals surface area contributed by atoms with Gasteiger partial charge in [-0.25, -0.2) is 4.98 Å². The molecule has 0 radical (unpaired) electrons. The van der Waals surface area contributed by atoms with Crippen LogP contribution in [0.25, 0.3) is 10.2 Å². The third-order valence-corrected chi connectivity index (χ3v) is 8.10. The Balaban J connectivity index is 1.31. The van der Waals surface area contributed by atoms with Gasteiger partial charge in [-0.2, -0.15) is 0 Å². The summed E-state index contributed by atoms with van der Waals surface area (Å²) in [5, 5.41) is 3.21. The number of nitrogens with zero attached hydrogens (tertiary/aromatic N) is 3. The van der Waals surface area contributed by atoms with Crippen molar-refractivity contribution in [3.05, 3.63) is 57.0 Å². The minimum atomic E-state index is -0.557. The topological polar surface area (TPSA) is 103 Å². The van der Waals surface area contributed by atoms with E-state index in [2.05, 4.69) is 24.1 Å². The maximum Gasteiger partial charge on any atom is 0.264 e. The quantitative estimate of drug-likeness (QED) is 0.564. The van der Waals surface area contributed by atoms with Gasteiger partial charge < -0.3 is 19.7 Å². The number of aromatic nitrogens is 2. The van der Waals surface area contributed by atoms with Crippen LogP contribution in [0.2, 0.25) is 0 Å². The lowest BCUT2D eigenvalue weighted by Gasteiger charge is -2.37. The van der Waals surface area contributed by atoms with Crippen LogP contribution in [0.5, 0.6) is 0 Å². The Kier molecular flexibility index (Phi) is 6.67. The van der Waals surface area contributed by atoms with Gasteiger partial charge in [-0.1, -0.05) is 26.0 Å². The van der Waals surface area contributed by atoms with Crippen molar-refractivity contribution >= 4 is 39.1 Å². The first-order valence-electron chi connectivity index (χ1n) is 12.2. The van der Waals surface area contributed by atoms with E-state index in [1.165, 1.54) is 27.8 Å². The molecule has 1 aromatic carbocycles. The first-order valence-corrected chi connectivity index (χ1v) is 13.0. The number of rotatable bonds is 5. The zero-order valence-corrected chi connectivity index (χ0v) is 21.5. The first kappa shape index (κ1) is 24.6. The molecule has 10 heteroatoms. The Labute approximate surface area is 213 Å². The van der Waals surface area contributed by atoms with Gasteiger partial charge in [0, 0.05) is 31.6 Å². The Hall–Kier alpha value is -3.08. The molecule has 0 saturated carbocycles. The predicted octanol–water partition coefficient (Wildman–Crippen LogP) is 3.51. The first-order chi connectivity index (χ1) is 17.3. The van der Waals surface area contributed by atoms with Gasteiger partial charge in [-0.3, -0.25) is 19.0 Å². The number of amides is 2. The van der Waals surface area contributed by atoms with Crippen molar-refractivity contribution in [1.82, 2.24) is 14.5 Å². The third-order valence-electron chi connectivity index (χ3n) is 6.91. The fourth-order valence-electron chi connectivity index (χ4n) is 4.76. The highest BCUT2D eigenvalue weighted by Gasteiger charge is 2.41. The number of carbonyl (C=O) groups excluding carboxylic acids is 2. The predicted molar refractivity (Wildman–Crippen MR) is 138 cm³/mol. The fourth-order valence-corrected chi connectivity index (χ4v) is 5.87. The molecule has 4 heterocycles. The standard InChI is InChI=1S/C26H30N4O5S/c1-16(2)18-4-6-19(7-5-18)28-20(31)14-30-15-27-23-21(24(30)32)17(3)22(36-23)25(33)29-10-8-26(9-11-29)34-12-13-35-26/h4-7,15-16H,8-14H2,1-3H3,(H,28,31). The summed E-state index contributed by atoms with van der Waals surface area (Å²) in [5.41, 5.74) is 2.12. The highest BCUT2D eigenvalue weighted by Crippen LogP contribution is 2.34. The maximum atomic E-state index is 13.3. The summed E-state index contributed by atoms with van der Waals surface area (Å²) in [6, 6.07) is 7.66. The molecular weight excluding hydrogens is 480 g/mol. The number of likely N-dealkylation sites (tertiary alicyclic amines) is 1. The van der Waals surface area contributed by atoms with Gasteiger partial charge in [-0.15, -0.1) is 11.3 Å². The number of carbonyl (C=O) groups is 2. The Morgan fingerprint density at radius 2 is 1.81 bits per heavy atom. The number of anilines is 1. The van der Waals surface area contributed by atoms with Gasteiger partial charge in [-0.05, 0) is 36.1 Å². The number of piperidine rings is 1. The minimum Gasteiger partial charge on any atom is -0.347 e. The summed E-state index contributed by atoms with van der Waals surface area (Å²) in [6.45, 7) is 8.05. The summed E-state index contributed by atoms with van der Waals surface area (Å²) in [7, 11) is 0. The van der Waals surface area contributed by atoms with Crippen LogP contribution in [0, 0.1) is 6.92 Å². The van der Waals surface area contributed by atoms with Gasteiger partial charge in [0.05, 0.1) is 29.8 Å². The second-order valence-corrected chi connectivity index (χ2v) is 10.6. The molecule has 36 heavy (non-hydrogen) atoms. The monoisotopic (exact) mass is 510 g/mol.